The van der Waals surface area contributed by atoms with Gasteiger partial charge in [-0.15, -0.1) is 0 Å². The Morgan fingerprint density at radius 2 is 1.75 bits per heavy atom. The Balaban J connectivity index is 2.02. The molecule has 0 saturated heterocycles. The number of ether oxygens (including phenoxy) is 1. The van der Waals surface area contributed by atoms with Gasteiger partial charge in [-0.2, -0.15) is 0 Å². The van der Waals surface area contributed by atoms with Crippen LogP contribution >= 0.6 is 0 Å². The number of fused-ring (bicyclic) bond motifs is 4. The Morgan fingerprint density at radius 1 is 1.00 bits per heavy atom. The Kier molecular flexibility index (Phi) is 2.24. The van der Waals surface area contributed by atoms with Crippen molar-refractivity contribution in [2.24, 2.45) is 0 Å². The molecule has 1 heterocycles. The van der Waals surface area contributed by atoms with Gasteiger partial charge in [0.15, 0.2) is 0 Å². The van der Waals surface area contributed by atoms with E-state index in [4.69, 9.17) is 4.74 Å². The quantitative estimate of drug-likeness (QED) is 0.763. The second-order valence-electron chi connectivity index (χ2n) is 6.11. The first-order valence-electron chi connectivity index (χ1n) is 7.23. The molecule has 20 heavy (non-hydrogen) atoms. The standard InChI is InChI=1S/C18H18O2/c1-11-8-15-14-5-4-13(19)10-17(14)20-18(6-3-7-18)16(15)9-12(11)2/h4-5,8-10,19H,3,6-7H2,1-2H3. The zero-order valence-corrected chi connectivity index (χ0v) is 11.9. The Bertz CT molecular complexity index is 712. The summed E-state index contributed by atoms with van der Waals surface area (Å²) in [5.74, 6) is 1.09. The maximum atomic E-state index is 9.72. The van der Waals surface area contributed by atoms with Crippen LogP contribution in [0.3, 0.4) is 0 Å². The van der Waals surface area contributed by atoms with E-state index in [1.165, 1.54) is 28.7 Å². The third-order valence-corrected chi connectivity index (χ3v) is 4.85. The Hall–Kier alpha value is -1.96. The summed E-state index contributed by atoms with van der Waals surface area (Å²) in [5, 5.41) is 9.72. The van der Waals surface area contributed by atoms with Gasteiger partial charge in [0.2, 0.25) is 0 Å². The highest BCUT2D eigenvalue weighted by Gasteiger charge is 2.46. The Labute approximate surface area is 119 Å². The highest BCUT2D eigenvalue weighted by molar-refractivity contribution is 5.78. The van der Waals surface area contributed by atoms with Crippen LogP contribution in [0, 0.1) is 13.8 Å². The number of phenolic OH excluding ortho intramolecular Hbond substituents is 1. The summed E-state index contributed by atoms with van der Waals surface area (Å²) in [6.45, 7) is 4.31. The molecule has 0 amide bonds. The summed E-state index contributed by atoms with van der Waals surface area (Å²) in [7, 11) is 0. The van der Waals surface area contributed by atoms with Crippen molar-refractivity contribution in [2.45, 2.75) is 38.7 Å². The van der Waals surface area contributed by atoms with E-state index in [0.29, 0.717) is 0 Å². The van der Waals surface area contributed by atoms with Crippen molar-refractivity contribution in [1.82, 2.24) is 0 Å². The third kappa shape index (κ3) is 1.45. The van der Waals surface area contributed by atoms with Crippen LogP contribution < -0.4 is 4.74 Å². The largest absolute Gasteiger partial charge is 0.508 e. The highest BCUT2D eigenvalue weighted by atomic mass is 16.5. The summed E-state index contributed by atoms with van der Waals surface area (Å²) in [6, 6.07) is 10.0. The molecule has 0 aromatic heterocycles. The van der Waals surface area contributed by atoms with Crippen LogP contribution in [0.4, 0.5) is 0 Å². The number of aromatic hydroxyl groups is 1. The number of aryl methyl sites for hydroxylation is 2. The zero-order valence-electron chi connectivity index (χ0n) is 11.9. The van der Waals surface area contributed by atoms with Gasteiger partial charge in [-0.25, -0.2) is 0 Å². The van der Waals surface area contributed by atoms with Crippen LogP contribution in [0.5, 0.6) is 11.5 Å². The molecule has 0 unspecified atom stereocenters. The van der Waals surface area contributed by atoms with Crippen molar-refractivity contribution in [3.63, 3.8) is 0 Å². The number of hydrogen-bond donors (Lipinski definition) is 1. The minimum absolute atomic E-state index is 0.158. The van der Waals surface area contributed by atoms with Crippen LogP contribution in [0.2, 0.25) is 0 Å². The van der Waals surface area contributed by atoms with Gasteiger partial charge >= 0.3 is 0 Å². The molecule has 1 fully saturated rings. The van der Waals surface area contributed by atoms with Crippen molar-refractivity contribution < 1.29 is 9.84 Å². The molecule has 2 aliphatic rings. The van der Waals surface area contributed by atoms with Gasteiger partial charge in [-0.3, -0.25) is 0 Å². The average Bonchev–Trinajstić information content (AvgIpc) is 2.37. The average molecular weight is 266 g/mol. The lowest BCUT2D eigenvalue weighted by Crippen LogP contribution is -2.42. The molecular formula is C18H18O2. The fraction of sp³-hybridized carbons (Fsp3) is 0.333. The molecule has 1 saturated carbocycles. The minimum Gasteiger partial charge on any atom is -0.508 e. The van der Waals surface area contributed by atoms with Crippen LogP contribution in [-0.2, 0) is 5.60 Å². The number of benzene rings is 2. The molecule has 4 rings (SSSR count). The topological polar surface area (TPSA) is 29.5 Å². The van der Waals surface area contributed by atoms with E-state index in [1.54, 1.807) is 12.1 Å². The molecule has 1 aliphatic heterocycles. The summed E-state index contributed by atoms with van der Waals surface area (Å²) in [5.41, 5.74) is 6.16. The van der Waals surface area contributed by atoms with Gasteiger partial charge in [0.25, 0.3) is 0 Å². The molecule has 1 N–H and O–H groups in total. The van der Waals surface area contributed by atoms with Gasteiger partial charge in [-0.05, 0) is 61.9 Å². The molecule has 0 bridgehead atoms. The first kappa shape index (κ1) is 11.8. The summed E-state index contributed by atoms with van der Waals surface area (Å²) in [4.78, 5) is 0. The molecule has 1 aliphatic carbocycles. The first-order valence-corrected chi connectivity index (χ1v) is 7.23. The van der Waals surface area contributed by atoms with Gasteiger partial charge in [0.05, 0.1) is 0 Å². The molecule has 102 valence electrons. The maximum absolute atomic E-state index is 9.72. The SMILES string of the molecule is Cc1cc2c(cc1C)C1(CCC1)Oc1cc(O)ccc1-2. The Morgan fingerprint density at radius 3 is 2.45 bits per heavy atom. The lowest BCUT2D eigenvalue weighted by molar-refractivity contribution is -0.0145. The zero-order chi connectivity index (χ0) is 13.9. The number of phenols is 1. The summed E-state index contributed by atoms with van der Waals surface area (Å²) in [6.07, 6.45) is 3.34. The van der Waals surface area contributed by atoms with Crippen LogP contribution in [0.15, 0.2) is 30.3 Å². The highest BCUT2D eigenvalue weighted by Crippen LogP contribution is 2.54. The van der Waals surface area contributed by atoms with E-state index < -0.39 is 0 Å². The van der Waals surface area contributed by atoms with Crippen LogP contribution in [0.25, 0.3) is 11.1 Å². The molecular weight excluding hydrogens is 248 g/mol. The molecule has 1 spiro atoms. The third-order valence-electron chi connectivity index (χ3n) is 4.85. The maximum Gasteiger partial charge on any atom is 0.135 e. The van der Waals surface area contributed by atoms with Crippen LogP contribution in [0.1, 0.15) is 36.0 Å². The predicted molar refractivity (Wildman–Crippen MR) is 79.2 cm³/mol. The number of rotatable bonds is 0. The van der Waals surface area contributed by atoms with Gasteiger partial charge in [-0.1, -0.05) is 12.1 Å². The molecule has 0 radical (unpaired) electrons. The van der Waals surface area contributed by atoms with Gasteiger partial charge < -0.3 is 9.84 Å². The smallest absolute Gasteiger partial charge is 0.135 e. The van der Waals surface area contributed by atoms with Gasteiger partial charge in [0, 0.05) is 17.2 Å². The van der Waals surface area contributed by atoms with Crippen molar-refractivity contribution in [1.29, 1.82) is 0 Å². The molecule has 2 heteroatoms. The van der Waals surface area contributed by atoms with E-state index in [0.717, 1.165) is 24.2 Å². The van der Waals surface area contributed by atoms with Crippen molar-refractivity contribution in [2.75, 3.05) is 0 Å². The van der Waals surface area contributed by atoms with Crippen molar-refractivity contribution >= 4 is 0 Å². The molecule has 2 aromatic rings. The van der Waals surface area contributed by atoms with E-state index in [2.05, 4.69) is 26.0 Å². The van der Waals surface area contributed by atoms with Crippen LogP contribution in [-0.4, -0.2) is 5.11 Å². The fourth-order valence-electron chi connectivity index (χ4n) is 3.37. The monoisotopic (exact) mass is 266 g/mol. The minimum atomic E-state index is -0.158. The normalized spacial score (nSPS) is 17.9. The van der Waals surface area contributed by atoms with Gasteiger partial charge in [0.1, 0.15) is 17.1 Å². The molecule has 2 nitrogen and oxygen atoms in total. The van der Waals surface area contributed by atoms with E-state index in [1.807, 2.05) is 6.07 Å². The lowest BCUT2D eigenvalue weighted by Gasteiger charge is -2.46. The number of hydrogen-bond acceptors (Lipinski definition) is 2. The second-order valence-corrected chi connectivity index (χ2v) is 6.11. The second kappa shape index (κ2) is 3.78. The summed E-state index contributed by atoms with van der Waals surface area (Å²) < 4.78 is 6.30. The lowest BCUT2D eigenvalue weighted by atomic mass is 9.70. The van der Waals surface area contributed by atoms with Crippen molar-refractivity contribution in [3.05, 3.63) is 47.0 Å². The first-order chi connectivity index (χ1) is 9.59. The van der Waals surface area contributed by atoms with Crippen molar-refractivity contribution in [3.8, 4) is 22.6 Å². The molecule has 2 aromatic carbocycles. The van der Waals surface area contributed by atoms with E-state index in [9.17, 15) is 5.11 Å². The predicted octanol–water partition coefficient (Wildman–Crippen LogP) is 4.45. The fourth-order valence-corrected chi connectivity index (χ4v) is 3.37. The van der Waals surface area contributed by atoms with E-state index in [-0.39, 0.29) is 11.4 Å². The molecule has 0 atom stereocenters. The van der Waals surface area contributed by atoms with E-state index >= 15 is 0 Å². The summed E-state index contributed by atoms with van der Waals surface area (Å²) >= 11 is 0.